The first-order valence-corrected chi connectivity index (χ1v) is 9.04. The number of hydrogen-bond donors (Lipinski definition) is 1. The minimum Gasteiger partial charge on any atom is -0.484 e. The molecule has 126 valence electrons. The molecule has 1 saturated carbocycles. The molecule has 2 fully saturated rings. The molecule has 1 amide bonds. The first-order chi connectivity index (χ1) is 11.2. The summed E-state index contributed by atoms with van der Waals surface area (Å²) in [5.41, 5.74) is 1.15. The Labute approximate surface area is 139 Å². The Balaban J connectivity index is 1.43. The molecule has 2 aliphatic rings. The fourth-order valence-electron chi connectivity index (χ4n) is 3.90. The zero-order valence-corrected chi connectivity index (χ0v) is 14.2. The van der Waals surface area contributed by atoms with E-state index in [-0.39, 0.29) is 12.5 Å². The Morgan fingerprint density at radius 3 is 2.65 bits per heavy atom. The van der Waals surface area contributed by atoms with Gasteiger partial charge in [0.15, 0.2) is 6.61 Å². The summed E-state index contributed by atoms with van der Waals surface area (Å²) in [4.78, 5) is 16.0. The number of nitrogens with zero attached hydrogens (tertiary/aromatic N) is 1. The summed E-state index contributed by atoms with van der Waals surface area (Å²) in [6, 6.07) is 8.71. The van der Waals surface area contributed by atoms with Crippen molar-refractivity contribution >= 4 is 5.91 Å². The average Bonchev–Trinajstić information content (AvgIpc) is 2.61. The minimum absolute atomic E-state index is 0.120. The lowest BCUT2D eigenvalue weighted by Crippen LogP contribution is -3.18. The van der Waals surface area contributed by atoms with E-state index >= 15 is 0 Å². The Morgan fingerprint density at radius 2 is 1.96 bits per heavy atom. The molecule has 0 unspecified atom stereocenters. The van der Waals surface area contributed by atoms with Gasteiger partial charge in [-0.2, -0.15) is 0 Å². The maximum absolute atomic E-state index is 12.3. The molecular formula is C19H29N2O2+. The molecule has 0 aromatic heterocycles. The standard InChI is InChI=1S/C19H28N2O2/c1-16-6-5-9-18(14-16)23-15-19(22)21-12-10-20(11-13-21)17-7-3-2-4-8-17/h5-6,9,14,17H,2-4,7-8,10-13,15H2,1H3/p+1. The van der Waals surface area contributed by atoms with Gasteiger partial charge < -0.3 is 14.5 Å². The van der Waals surface area contributed by atoms with Gasteiger partial charge in [0.05, 0.1) is 32.2 Å². The minimum atomic E-state index is 0.120. The van der Waals surface area contributed by atoms with Gasteiger partial charge in [0, 0.05) is 0 Å². The summed E-state index contributed by atoms with van der Waals surface area (Å²) in [6.07, 6.45) is 6.94. The molecule has 1 aromatic carbocycles. The third-order valence-electron chi connectivity index (χ3n) is 5.29. The number of hydrogen-bond acceptors (Lipinski definition) is 2. The molecule has 0 atom stereocenters. The third-order valence-corrected chi connectivity index (χ3v) is 5.29. The van der Waals surface area contributed by atoms with Crippen LogP contribution in [0.5, 0.6) is 5.75 Å². The number of quaternary nitrogens is 1. The fourth-order valence-corrected chi connectivity index (χ4v) is 3.90. The number of amides is 1. The summed E-state index contributed by atoms with van der Waals surface area (Å²) in [5, 5.41) is 0. The van der Waals surface area contributed by atoms with Crippen molar-refractivity contribution in [3.8, 4) is 5.75 Å². The number of ether oxygens (including phenoxy) is 1. The summed E-state index contributed by atoms with van der Waals surface area (Å²) in [7, 11) is 0. The zero-order chi connectivity index (χ0) is 16.1. The summed E-state index contributed by atoms with van der Waals surface area (Å²) in [5.74, 6) is 0.902. The van der Waals surface area contributed by atoms with Gasteiger partial charge in [0.2, 0.25) is 0 Å². The van der Waals surface area contributed by atoms with Gasteiger partial charge in [-0.05, 0) is 50.3 Å². The number of benzene rings is 1. The lowest BCUT2D eigenvalue weighted by Gasteiger charge is -2.38. The highest BCUT2D eigenvalue weighted by Crippen LogP contribution is 2.16. The molecule has 1 aliphatic heterocycles. The van der Waals surface area contributed by atoms with E-state index in [0.717, 1.165) is 43.5 Å². The quantitative estimate of drug-likeness (QED) is 0.912. The van der Waals surface area contributed by atoms with Crippen LogP contribution in [0.1, 0.15) is 37.7 Å². The molecular weight excluding hydrogens is 288 g/mol. The van der Waals surface area contributed by atoms with Gasteiger partial charge in [-0.1, -0.05) is 18.6 Å². The van der Waals surface area contributed by atoms with Crippen molar-refractivity contribution in [1.82, 2.24) is 4.90 Å². The smallest absolute Gasteiger partial charge is 0.260 e. The number of nitrogens with one attached hydrogen (secondary N) is 1. The Bertz CT molecular complexity index is 518. The van der Waals surface area contributed by atoms with Crippen LogP contribution in [0.15, 0.2) is 24.3 Å². The molecule has 4 nitrogen and oxygen atoms in total. The highest BCUT2D eigenvalue weighted by atomic mass is 16.5. The van der Waals surface area contributed by atoms with Crippen LogP contribution < -0.4 is 9.64 Å². The van der Waals surface area contributed by atoms with E-state index in [1.807, 2.05) is 36.1 Å². The van der Waals surface area contributed by atoms with Gasteiger partial charge >= 0.3 is 0 Å². The predicted molar refractivity (Wildman–Crippen MR) is 90.8 cm³/mol. The van der Waals surface area contributed by atoms with E-state index in [1.54, 1.807) is 4.90 Å². The van der Waals surface area contributed by atoms with Gasteiger partial charge in [-0.25, -0.2) is 0 Å². The third kappa shape index (κ3) is 4.47. The Morgan fingerprint density at radius 1 is 1.22 bits per heavy atom. The second-order valence-electron chi connectivity index (χ2n) is 6.98. The highest BCUT2D eigenvalue weighted by molar-refractivity contribution is 5.77. The average molecular weight is 317 g/mol. The van der Waals surface area contributed by atoms with Crippen molar-refractivity contribution in [1.29, 1.82) is 0 Å². The Kier molecular flexibility index (Phi) is 5.55. The van der Waals surface area contributed by atoms with Crippen molar-refractivity contribution in [2.24, 2.45) is 0 Å². The zero-order valence-electron chi connectivity index (χ0n) is 14.2. The molecule has 0 spiro atoms. The van der Waals surface area contributed by atoms with Crippen LogP contribution in [0.2, 0.25) is 0 Å². The van der Waals surface area contributed by atoms with Gasteiger partial charge in [-0.15, -0.1) is 0 Å². The lowest BCUT2D eigenvalue weighted by molar-refractivity contribution is -0.930. The number of piperazine rings is 1. The second-order valence-corrected chi connectivity index (χ2v) is 6.98. The highest BCUT2D eigenvalue weighted by Gasteiger charge is 2.30. The molecule has 3 rings (SSSR count). The molecule has 1 heterocycles. The number of carbonyl (C=O) groups is 1. The van der Waals surface area contributed by atoms with Gasteiger partial charge in [0.1, 0.15) is 5.75 Å². The first kappa shape index (κ1) is 16.3. The molecule has 0 bridgehead atoms. The molecule has 1 aromatic rings. The van der Waals surface area contributed by atoms with Crippen LogP contribution in [0.4, 0.5) is 0 Å². The molecule has 1 N–H and O–H groups in total. The maximum Gasteiger partial charge on any atom is 0.260 e. The number of rotatable bonds is 4. The van der Waals surface area contributed by atoms with E-state index in [0.29, 0.717) is 0 Å². The monoisotopic (exact) mass is 317 g/mol. The van der Waals surface area contributed by atoms with Crippen LogP contribution in [-0.4, -0.2) is 49.6 Å². The second kappa shape index (κ2) is 7.82. The Hall–Kier alpha value is -1.55. The molecule has 4 heteroatoms. The summed E-state index contributed by atoms with van der Waals surface area (Å²) < 4.78 is 5.65. The van der Waals surface area contributed by atoms with E-state index in [1.165, 1.54) is 32.1 Å². The largest absolute Gasteiger partial charge is 0.484 e. The number of aryl methyl sites for hydroxylation is 1. The molecule has 23 heavy (non-hydrogen) atoms. The topological polar surface area (TPSA) is 34.0 Å². The van der Waals surface area contributed by atoms with E-state index in [9.17, 15) is 4.79 Å². The lowest BCUT2D eigenvalue weighted by atomic mass is 9.94. The first-order valence-electron chi connectivity index (χ1n) is 9.04. The van der Waals surface area contributed by atoms with Gasteiger partial charge in [0.25, 0.3) is 5.91 Å². The van der Waals surface area contributed by atoms with Crippen LogP contribution in [0.3, 0.4) is 0 Å². The van der Waals surface area contributed by atoms with Crippen LogP contribution in [-0.2, 0) is 4.79 Å². The van der Waals surface area contributed by atoms with Crippen molar-refractivity contribution in [2.75, 3.05) is 32.8 Å². The van der Waals surface area contributed by atoms with Crippen molar-refractivity contribution in [2.45, 2.75) is 45.1 Å². The van der Waals surface area contributed by atoms with Crippen molar-refractivity contribution in [3.05, 3.63) is 29.8 Å². The van der Waals surface area contributed by atoms with Crippen LogP contribution in [0.25, 0.3) is 0 Å². The summed E-state index contributed by atoms with van der Waals surface area (Å²) >= 11 is 0. The normalized spacial score (nSPS) is 20.5. The fraction of sp³-hybridized carbons (Fsp3) is 0.632. The van der Waals surface area contributed by atoms with E-state index in [2.05, 4.69) is 0 Å². The summed E-state index contributed by atoms with van der Waals surface area (Å²) in [6.45, 7) is 6.13. The van der Waals surface area contributed by atoms with Crippen molar-refractivity contribution < 1.29 is 14.4 Å². The predicted octanol–water partition coefficient (Wildman–Crippen LogP) is 1.43. The SMILES string of the molecule is Cc1cccc(OCC(=O)N2CC[NH+](C3CCCCC3)CC2)c1. The molecule has 0 radical (unpaired) electrons. The van der Waals surface area contributed by atoms with Crippen LogP contribution >= 0.6 is 0 Å². The molecule has 1 saturated heterocycles. The van der Waals surface area contributed by atoms with Crippen molar-refractivity contribution in [3.63, 3.8) is 0 Å². The maximum atomic E-state index is 12.3. The van der Waals surface area contributed by atoms with Gasteiger partial charge in [-0.3, -0.25) is 4.79 Å². The van der Waals surface area contributed by atoms with Crippen LogP contribution in [0, 0.1) is 6.92 Å². The number of carbonyl (C=O) groups excluding carboxylic acids is 1. The van der Waals surface area contributed by atoms with E-state index < -0.39 is 0 Å². The van der Waals surface area contributed by atoms with E-state index in [4.69, 9.17) is 4.74 Å². The molecule has 1 aliphatic carbocycles.